The lowest BCUT2D eigenvalue weighted by molar-refractivity contribution is 0.399. The molecule has 0 amide bonds. The smallest absolute Gasteiger partial charge is 0.0511 e. The standard InChI is InChI=1S/C11H17N3S/c1-8-4-10(6-13-5-8)11(14-12)9-2-3-15-7-9/h4-6,9,11,14H,2-3,7,12H2,1H3. The van der Waals surface area contributed by atoms with E-state index in [1.54, 1.807) is 0 Å². The Morgan fingerprint density at radius 2 is 2.47 bits per heavy atom. The van der Waals surface area contributed by atoms with Gasteiger partial charge in [0.05, 0.1) is 6.04 Å². The van der Waals surface area contributed by atoms with Gasteiger partial charge in [-0.25, -0.2) is 0 Å². The first-order chi connectivity index (χ1) is 7.31. The topological polar surface area (TPSA) is 50.9 Å². The largest absolute Gasteiger partial charge is 0.271 e. The highest BCUT2D eigenvalue weighted by atomic mass is 32.2. The van der Waals surface area contributed by atoms with Crippen molar-refractivity contribution in [3.8, 4) is 0 Å². The Bertz CT molecular complexity index is 323. The number of rotatable bonds is 3. The molecule has 1 aromatic rings. The summed E-state index contributed by atoms with van der Waals surface area (Å²) in [5.41, 5.74) is 5.34. The van der Waals surface area contributed by atoms with E-state index in [9.17, 15) is 0 Å². The summed E-state index contributed by atoms with van der Waals surface area (Å²) in [4.78, 5) is 4.22. The molecule has 2 atom stereocenters. The molecule has 15 heavy (non-hydrogen) atoms. The van der Waals surface area contributed by atoms with Crippen LogP contribution in [-0.4, -0.2) is 16.5 Å². The number of thioether (sulfide) groups is 1. The molecule has 2 rings (SSSR count). The Morgan fingerprint density at radius 1 is 1.60 bits per heavy atom. The van der Waals surface area contributed by atoms with Crippen LogP contribution in [0.25, 0.3) is 0 Å². The van der Waals surface area contributed by atoms with Crippen LogP contribution in [0.4, 0.5) is 0 Å². The molecule has 3 N–H and O–H groups in total. The first-order valence-corrected chi connectivity index (χ1v) is 6.42. The molecule has 1 fully saturated rings. The maximum atomic E-state index is 5.65. The molecule has 2 unspecified atom stereocenters. The number of nitrogens with zero attached hydrogens (tertiary/aromatic N) is 1. The quantitative estimate of drug-likeness (QED) is 0.604. The summed E-state index contributed by atoms with van der Waals surface area (Å²) in [6, 6.07) is 2.42. The molecule has 1 saturated heterocycles. The fraction of sp³-hybridized carbons (Fsp3) is 0.545. The van der Waals surface area contributed by atoms with Gasteiger partial charge in [-0.15, -0.1) is 0 Å². The minimum atomic E-state index is 0.257. The molecule has 4 heteroatoms. The van der Waals surface area contributed by atoms with Gasteiger partial charge in [0.1, 0.15) is 0 Å². The fourth-order valence-electron chi connectivity index (χ4n) is 2.07. The number of nitrogens with two attached hydrogens (primary N) is 1. The number of hydrogen-bond donors (Lipinski definition) is 2. The molecule has 3 nitrogen and oxygen atoms in total. The second-order valence-electron chi connectivity index (χ2n) is 4.06. The summed E-state index contributed by atoms with van der Waals surface area (Å²) in [6.07, 6.45) is 5.04. The van der Waals surface area contributed by atoms with Crippen LogP contribution in [0, 0.1) is 12.8 Å². The lowest BCUT2D eigenvalue weighted by atomic mass is 9.93. The summed E-state index contributed by atoms with van der Waals surface area (Å²) in [5.74, 6) is 8.74. The average molecular weight is 223 g/mol. The highest BCUT2D eigenvalue weighted by molar-refractivity contribution is 7.99. The Hall–Kier alpha value is -0.580. The van der Waals surface area contributed by atoms with Gasteiger partial charge in [0, 0.05) is 12.4 Å². The van der Waals surface area contributed by atoms with E-state index >= 15 is 0 Å². The summed E-state index contributed by atoms with van der Waals surface area (Å²) < 4.78 is 0. The van der Waals surface area contributed by atoms with E-state index in [1.165, 1.54) is 29.1 Å². The van der Waals surface area contributed by atoms with Crippen LogP contribution in [0.2, 0.25) is 0 Å². The van der Waals surface area contributed by atoms with Gasteiger partial charge in [0.25, 0.3) is 0 Å². The molecule has 0 aromatic carbocycles. The van der Waals surface area contributed by atoms with Crippen molar-refractivity contribution in [2.75, 3.05) is 11.5 Å². The monoisotopic (exact) mass is 223 g/mol. The molecule has 1 aliphatic heterocycles. The highest BCUT2D eigenvalue weighted by Crippen LogP contribution is 2.33. The minimum absolute atomic E-state index is 0.257. The third-order valence-corrected chi connectivity index (χ3v) is 4.06. The van der Waals surface area contributed by atoms with E-state index in [4.69, 9.17) is 5.84 Å². The minimum Gasteiger partial charge on any atom is -0.271 e. The van der Waals surface area contributed by atoms with Gasteiger partial charge in [-0.1, -0.05) is 6.07 Å². The lowest BCUT2D eigenvalue weighted by Gasteiger charge is -2.22. The molecule has 0 aliphatic carbocycles. The molecule has 1 aliphatic rings. The summed E-state index contributed by atoms with van der Waals surface area (Å²) >= 11 is 2.01. The zero-order valence-electron chi connectivity index (χ0n) is 8.94. The van der Waals surface area contributed by atoms with Crippen molar-refractivity contribution in [1.82, 2.24) is 10.4 Å². The van der Waals surface area contributed by atoms with Gasteiger partial charge in [-0.2, -0.15) is 11.8 Å². The molecule has 2 heterocycles. The summed E-state index contributed by atoms with van der Waals surface area (Å²) in [7, 11) is 0. The van der Waals surface area contributed by atoms with Crippen LogP contribution in [0.5, 0.6) is 0 Å². The summed E-state index contributed by atoms with van der Waals surface area (Å²) in [5, 5.41) is 0. The third-order valence-electron chi connectivity index (χ3n) is 2.87. The molecule has 0 spiro atoms. The molecular weight excluding hydrogens is 206 g/mol. The van der Waals surface area contributed by atoms with Gasteiger partial charge in [0.15, 0.2) is 0 Å². The number of hydrazine groups is 1. The van der Waals surface area contributed by atoms with E-state index in [2.05, 4.69) is 23.4 Å². The Kier molecular flexibility index (Phi) is 3.61. The highest BCUT2D eigenvalue weighted by Gasteiger charge is 2.25. The zero-order chi connectivity index (χ0) is 10.7. The predicted octanol–water partition coefficient (Wildman–Crippen LogP) is 1.65. The van der Waals surface area contributed by atoms with Gasteiger partial charge >= 0.3 is 0 Å². The average Bonchev–Trinajstić information content (AvgIpc) is 2.72. The van der Waals surface area contributed by atoms with Crippen LogP contribution in [0.3, 0.4) is 0 Å². The number of hydrogen-bond acceptors (Lipinski definition) is 4. The van der Waals surface area contributed by atoms with E-state index in [0.717, 1.165) is 0 Å². The predicted molar refractivity (Wildman–Crippen MR) is 64.5 cm³/mol. The van der Waals surface area contributed by atoms with Crippen LogP contribution in [-0.2, 0) is 0 Å². The molecule has 0 radical (unpaired) electrons. The first kappa shape index (κ1) is 10.9. The van der Waals surface area contributed by atoms with Crippen LogP contribution in [0.1, 0.15) is 23.6 Å². The maximum absolute atomic E-state index is 5.65. The van der Waals surface area contributed by atoms with E-state index in [0.29, 0.717) is 5.92 Å². The molecule has 82 valence electrons. The first-order valence-electron chi connectivity index (χ1n) is 5.26. The van der Waals surface area contributed by atoms with Gasteiger partial charge in [0.2, 0.25) is 0 Å². The Labute approximate surface area is 94.8 Å². The van der Waals surface area contributed by atoms with E-state index in [-0.39, 0.29) is 6.04 Å². The SMILES string of the molecule is Cc1cncc(C(NN)C2CCSC2)c1. The van der Waals surface area contributed by atoms with E-state index < -0.39 is 0 Å². The van der Waals surface area contributed by atoms with E-state index in [1.807, 2.05) is 24.2 Å². The number of nitrogens with one attached hydrogen (secondary N) is 1. The Morgan fingerprint density at radius 3 is 3.07 bits per heavy atom. The number of aryl methyl sites for hydroxylation is 1. The van der Waals surface area contributed by atoms with Crippen LogP contribution in [0.15, 0.2) is 18.5 Å². The lowest BCUT2D eigenvalue weighted by Crippen LogP contribution is -2.33. The normalized spacial score (nSPS) is 22.9. The second-order valence-corrected chi connectivity index (χ2v) is 5.21. The van der Waals surface area contributed by atoms with Crippen molar-refractivity contribution in [3.05, 3.63) is 29.6 Å². The van der Waals surface area contributed by atoms with Gasteiger partial charge in [-0.05, 0) is 41.9 Å². The number of pyridine rings is 1. The fourth-order valence-corrected chi connectivity index (χ4v) is 3.37. The van der Waals surface area contributed by atoms with Crippen LogP contribution >= 0.6 is 11.8 Å². The zero-order valence-corrected chi connectivity index (χ0v) is 9.76. The Balaban J connectivity index is 2.18. The van der Waals surface area contributed by atoms with Crippen LogP contribution < -0.4 is 11.3 Å². The van der Waals surface area contributed by atoms with Crippen molar-refractivity contribution < 1.29 is 0 Å². The molecule has 0 saturated carbocycles. The van der Waals surface area contributed by atoms with Crippen molar-refractivity contribution in [2.45, 2.75) is 19.4 Å². The van der Waals surface area contributed by atoms with Crippen molar-refractivity contribution in [3.63, 3.8) is 0 Å². The van der Waals surface area contributed by atoms with Crippen molar-refractivity contribution in [2.24, 2.45) is 11.8 Å². The van der Waals surface area contributed by atoms with Crippen molar-refractivity contribution in [1.29, 1.82) is 0 Å². The second kappa shape index (κ2) is 4.96. The third kappa shape index (κ3) is 2.51. The number of aromatic nitrogens is 1. The summed E-state index contributed by atoms with van der Waals surface area (Å²) in [6.45, 7) is 2.06. The molecular formula is C11H17N3S. The van der Waals surface area contributed by atoms with Gasteiger partial charge < -0.3 is 0 Å². The molecule has 1 aromatic heterocycles. The van der Waals surface area contributed by atoms with Crippen molar-refractivity contribution >= 4 is 11.8 Å². The maximum Gasteiger partial charge on any atom is 0.0511 e. The van der Waals surface area contributed by atoms with Gasteiger partial charge in [-0.3, -0.25) is 16.3 Å². The molecule has 0 bridgehead atoms.